The van der Waals surface area contributed by atoms with Gasteiger partial charge in [-0.2, -0.15) is 5.10 Å². The number of carbonyl (C=O) groups excluding carboxylic acids is 2. The van der Waals surface area contributed by atoms with Crippen LogP contribution in [-0.2, 0) is 4.74 Å². The van der Waals surface area contributed by atoms with Crippen molar-refractivity contribution in [2.45, 2.75) is 6.92 Å². The summed E-state index contributed by atoms with van der Waals surface area (Å²) in [7, 11) is 0. The van der Waals surface area contributed by atoms with Gasteiger partial charge in [0.25, 0.3) is 5.91 Å². The summed E-state index contributed by atoms with van der Waals surface area (Å²) in [5.41, 5.74) is 0.422. The summed E-state index contributed by atoms with van der Waals surface area (Å²) in [6.45, 7) is 1.83. The smallest absolute Gasteiger partial charge is 0.411 e. The molecule has 2 N–H and O–H groups in total. The van der Waals surface area contributed by atoms with Crippen LogP contribution in [0.2, 0.25) is 15.1 Å². The van der Waals surface area contributed by atoms with Crippen molar-refractivity contribution in [1.29, 1.82) is 0 Å². The minimum absolute atomic E-state index is 0.114. The molecule has 0 spiro atoms. The van der Waals surface area contributed by atoms with E-state index in [1.54, 1.807) is 19.1 Å². The number of amides is 2. The number of nitrogens with zero attached hydrogens (tertiary/aromatic N) is 3. The summed E-state index contributed by atoms with van der Waals surface area (Å²) in [6, 6.07) is 7.63. The number of hydrogen-bond donors (Lipinski definition) is 2. The van der Waals surface area contributed by atoms with Gasteiger partial charge in [0.1, 0.15) is 10.3 Å². The number of pyridine rings is 1. The van der Waals surface area contributed by atoms with Gasteiger partial charge in [0.2, 0.25) is 0 Å². The molecule has 30 heavy (non-hydrogen) atoms. The number of aromatic nitrogens is 3. The van der Waals surface area contributed by atoms with Crippen LogP contribution in [0, 0.1) is 0 Å². The first-order chi connectivity index (χ1) is 14.3. The van der Waals surface area contributed by atoms with E-state index in [2.05, 4.69) is 36.6 Å². The number of hydrogen-bond acceptors (Lipinski definition) is 5. The van der Waals surface area contributed by atoms with Gasteiger partial charge in [0, 0.05) is 17.3 Å². The second kappa shape index (κ2) is 9.65. The summed E-state index contributed by atoms with van der Waals surface area (Å²) in [5, 5.41) is 10.1. The Balaban J connectivity index is 1.98. The van der Waals surface area contributed by atoms with Crippen molar-refractivity contribution in [3.8, 4) is 5.82 Å². The second-order valence-corrected chi connectivity index (χ2v) is 7.75. The van der Waals surface area contributed by atoms with Gasteiger partial charge < -0.3 is 10.1 Å². The summed E-state index contributed by atoms with van der Waals surface area (Å²) < 4.78 is 6.54. The Hall–Kier alpha value is -2.33. The molecular weight excluding hydrogens is 520 g/mol. The van der Waals surface area contributed by atoms with E-state index in [-0.39, 0.29) is 39.5 Å². The lowest BCUT2D eigenvalue weighted by atomic mass is 10.2. The molecule has 1 aromatic carbocycles. The Bertz CT molecular complexity index is 1120. The first-order valence-corrected chi connectivity index (χ1v) is 10.3. The third kappa shape index (κ3) is 5.04. The molecule has 8 nitrogen and oxygen atoms in total. The van der Waals surface area contributed by atoms with Crippen molar-refractivity contribution in [3.63, 3.8) is 0 Å². The molecule has 0 aliphatic rings. The minimum Gasteiger partial charge on any atom is -0.450 e. The molecule has 0 unspecified atom stereocenters. The van der Waals surface area contributed by atoms with Crippen molar-refractivity contribution in [2.75, 3.05) is 17.2 Å². The van der Waals surface area contributed by atoms with E-state index >= 15 is 0 Å². The molecule has 3 rings (SSSR count). The van der Waals surface area contributed by atoms with Crippen LogP contribution in [0.25, 0.3) is 5.82 Å². The van der Waals surface area contributed by atoms with E-state index in [4.69, 9.17) is 39.5 Å². The summed E-state index contributed by atoms with van der Waals surface area (Å²) in [6.07, 6.45) is 0.801. The predicted molar refractivity (Wildman–Crippen MR) is 119 cm³/mol. The number of ether oxygens (including phenoxy) is 1. The van der Waals surface area contributed by atoms with Gasteiger partial charge >= 0.3 is 6.09 Å². The van der Waals surface area contributed by atoms with Gasteiger partial charge in [-0.3, -0.25) is 10.1 Å². The molecule has 0 saturated carbocycles. The number of benzene rings is 1. The number of rotatable bonds is 5. The molecule has 2 amide bonds. The quantitative estimate of drug-likeness (QED) is 0.431. The van der Waals surface area contributed by atoms with E-state index < -0.39 is 12.0 Å². The fraction of sp³-hybridized carbons (Fsp3) is 0.111. The summed E-state index contributed by atoms with van der Waals surface area (Å²) >= 11 is 21.7. The lowest BCUT2D eigenvalue weighted by molar-refractivity contribution is 0.101. The average Bonchev–Trinajstić information content (AvgIpc) is 3.06. The Kier molecular flexibility index (Phi) is 7.19. The van der Waals surface area contributed by atoms with Crippen LogP contribution < -0.4 is 10.6 Å². The third-order valence-corrected chi connectivity index (χ3v) is 4.86. The van der Waals surface area contributed by atoms with Gasteiger partial charge in [0.15, 0.2) is 5.82 Å². The molecular formula is C18H13BrCl3N5O3. The molecule has 0 radical (unpaired) electrons. The Morgan fingerprint density at radius 2 is 1.93 bits per heavy atom. The number of nitrogens with one attached hydrogen (secondary N) is 2. The van der Waals surface area contributed by atoms with Gasteiger partial charge in [-0.05, 0) is 47.1 Å². The molecule has 156 valence electrons. The van der Waals surface area contributed by atoms with E-state index in [0.29, 0.717) is 9.63 Å². The SMILES string of the molecule is CCOC(=O)Nc1cc(Cl)cc(Cl)c1NC(=O)c1cc(Br)nn1-c1ncccc1Cl. The zero-order chi connectivity index (χ0) is 21.8. The highest BCUT2D eigenvalue weighted by molar-refractivity contribution is 9.10. The maximum absolute atomic E-state index is 13.0. The fourth-order valence-electron chi connectivity index (χ4n) is 2.46. The lowest BCUT2D eigenvalue weighted by Gasteiger charge is -2.15. The predicted octanol–water partition coefficient (Wildman–Crippen LogP) is 5.81. The minimum atomic E-state index is -0.723. The highest BCUT2D eigenvalue weighted by atomic mass is 79.9. The third-order valence-electron chi connectivity index (χ3n) is 3.66. The average molecular weight is 534 g/mol. The second-order valence-electron chi connectivity index (χ2n) is 5.68. The number of carbonyl (C=O) groups is 2. The number of halogens is 4. The monoisotopic (exact) mass is 531 g/mol. The first-order valence-electron chi connectivity index (χ1n) is 8.40. The normalized spacial score (nSPS) is 10.6. The first kappa shape index (κ1) is 22.4. The fourth-order valence-corrected chi connectivity index (χ4v) is 3.58. The van der Waals surface area contributed by atoms with Crippen molar-refractivity contribution in [1.82, 2.24) is 14.8 Å². The van der Waals surface area contributed by atoms with Crippen LogP contribution >= 0.6 is 50.7 Å². The highest BCUT2D eigenvalue weighted by Crippen LogP contribution is 2.35. The van der Waals surface area contributed by atoms with Gasteiger partial charge in [-0.25, -0.2) is 14.5 Å². The van der Waals surface area contributed by atoms with E-state index in [0.717, 1.165) is 0 Å². The zero-order valence-corrected chi connectivity index (χ0v) is 19.1. The molecule has 0 bridgehead atoms. The van der Waals surface area contributed by atoms with Gasteiger partial charge in [0.05, 0.1) is 28.0 Å². The maximum Gasteiger partial charge on any atom is 0.411 e. The van der Waals surface area contributed by atoms with Crippen LogP contribution in [0.5, 0.6) is 0 Å². The van der Waals surface area contributed by atoms with Gasteiger partial charge in [-0.1, -0.05) is 34.8 Å². The van der Waals surface area contributed by atoms with Crippen LogP contribution in [0.15, 0.2) is 41.1 Å². The molecule has 12 heteroatoms. The van der Waals surface area contributed by atoms with Crippen molar-refractivity contribution in [2.24, 2.45) is 0 Å². The van der Waals surface area contributed by atoms with Crippen LogP contribution in [-0.4, -0.2) is 33.4 Å². The Morgan fingerprint density at radius 1 is 1.17 bits per heavy atom. The lowest BCUT2D eigenvalue weighted by Crippen LogP contribution is -2.20. The molecule has 2 aromatic heterocycles. The highest BCUT2D eigenvalue weighted by Gasteiger charge is 2.21. The van der Waals surface area contributed by atoms with Crippen molar-refractivity contribution >= 4 is 74.1 Å². The molecule has 0 fully saturated rings. The van der Waals surface area contributed by atoms with Crippen LogP contribution in [0.4, 0.5) is 16.2 Å². The van der Waals surface area contributed by atoms with Crippen molar-refractivity contribution < 1.29 is 14.3 Å². The molecule has 0 aliphatic heterocycles. The van der Waals surface area contributed by atoms with Gasteiger partial charge in [-0.15, -0.1) is 0 Å². The summed E-state index contributed by atoms with van der Waals surface area (Å²) in [5.74, 6) is -0.312. The number of anilines is 2. The molecule has 2 heterocycles. The molecule has 0 atom stereocenters. The van der Waals surface area contributed by atoms with Crippen LogP contribution in [0.3, 0.4) is 0 Å². The standard InChI is InChI=1S/C18H13BrCl3N5O3/c1-2-30-18(29)24-12-7-9(20)6-11(22)15(12)25-17(28)13-8-14(19)26-27(13)16-10(21)4-3-5-23-16/h3-8H,2H2,1H3,(H,24,29)(H,25,28). The van der Waals surface area contributed by atoms with E-state index in [1.807, 2.05) is 0 Å². The van der Waals surface area contributed by atoms with E-state index in [9.17, 15) is 9.59 Å². The Labute approximate surface area is 194 Å². The van der Waals surface area contributed by atoms with Crippen LogP contribution in [0.1, 0.15) is 17.4 Å². The largest absolute Gasteiger partial charge is 0.450 e. The van der Waals surface area contributed by atoms with Crippen molar-refractivity contribution in [3.05, 3.63) is 61.9 Å². The molecule has 3 aromatic rings. The Morgan fingerprint density at radius 3 is 2.63 bits per heavy atom. The molecule has 0 aliphatic carbocycles. The zero-order valence-electron chi connectivity index (χ0n) is 15.2. The summed E-state index contributed by atoms with van der Waals surface area (Å²) in [4.78, 5) is 29.1. The topological polar surface area (TPSA) is 98.1 Å². The maximum atomic E-state index is 13.0. The van der Waals surface area contributed by atoms with E-state index in [1.165, 1.54) is 29.1 Å². The molecule has 0 saturated heterocycles.